The fourth-order valence-corrected chi connectivity index (χ4v) is 4.97. The fraction of sp³-hybridized carbons (Fsp3) is 0.143. The first-order chi connectivity index (χ1) is 14.4. The molecule has 154 valence electrons. The zero-order valence-electron chi connectivity index (χ0n) is 16.2. The van der Waals surface area contributed by atoms with Gasteiger partial charge in [0, 0.05) is 47.3 Å². The minimum absolute atomic E-state index is 0.102. The Bertz CT molecular complexity index is 1280. The van der Waals surface area contributed by atoms with Crippen molar-refractivity contribution in [2.75, 3.05) is 10.0 Å². The minimum Gasteiger partial charge on any atom is -0.347 e. The summed E-state index contributed by atoms with van der Waals surface area (Å²) in [7, 11) is -3.71. The van der Waals surface area contributed by atoms with Crippen LogP contribution in [0.15, 0.2) is 71.2 Å². The van der Waals surface area contributed by atoms with Crippen LogP contribution < -0.4 is 10.0 Å². The number of hydrogen-bond donors (Lipinski definition) is 2. The molecule has 0 unspecified atom stereocenters. The maximum Gasteiger partial charge on any atom is 0.263 e. The molecule has 1 amide bonds. The highest BCUT2D eigenvalue weighted by Gasteiger charge is 2.15. The maximum atomic E-state index is 12.4. The van der Waals surface area contributed by atoms with Crippen molar-refractivity contribution in [2.24, 2.45) is 0 Å². The Labute approximate surface area is 178 Å². The molecule has 0 atom stereocenters. The number of nitrogens with zero attached hydrogens (tertiary/aromatic N) is 2. The third-order valence-corrected chi connectivity index (χ3v) is 6.89. The standard InChI is InChI=1S/C21H20N4O3S2/c1-15-3-2-4-19-18(15)9-12-25(19)13-10-20(26)23-16-5-7-17(8-6-16)30(27,28)24-21-22-11-14-29-21/h2-9,11-12,14H,10,13H2,1H3,(H,22,24)(H,23,26). The van der Waals surface area contributed by atoms with Crippen LogP contribution in [-0.2, 0) is 21.4 Å². The van der Waals surface area contributed by atoms with E-state index in [0.29, 0.717) is 23.8 Å². The minimum atomic E-state index is -3.71. The number of carbonyl (C=O) groups is 1. The topological polar surface area (TPSA) is 93.1 Å². The van der Waals surface area contributed by atoms with E-state index in [1.165, 1.54) is 40.6 Å². The van der Waals surface area contributed by atoms with E-state index in [1.807, 2.05) is 18.3 Å². The summed E-state index contributed by atoms with van der Waals surface area (Å²) in [6.45, 7) is 2.62. The highest BCUT2D eigenvalue weighted by Crippen LogP contribution is 2.21. The molecule has 0 bridgehead atoms. The first-order valence-corrected chi connectivity index (χ1v) is 11.7. The number of benzene rings is 2. The number of sulfonamides is 1. The summed E-state index contributed by atoms with van der Waals surface area (Å²) < 4.78 is 29.2. The van der Waals surface area contributed by atoms with Crippen molar-refractivity contribution in [2.45, 2.75) is 24.8 Å². The average Bonchev–Trinajstić information content (AvgIpc) is 3.37. The Hall–Kier alpha value is -3.17. The summed E-state index contributed by atoms with van der Waals surface area (Å²) in [5.74, 6) is -0.138. The van der Waals surface area contributed by atoms with Crippen LogP contribution >= 0.6 is 11.3 Å². The molecule has 4 rings (SSSR count). The van der Waals surface area contributed by atoms with Crippen LogP contribution in [0.4, 0.5) is 10.8 Å². The van der Waals surface area contributed by atoms with Crippen LogP contribution in [0.25, 0.3) is 10.9 Å². The molecule has 2 heterocycles. The molecule has 2 aromatic heterocycles. The first-order valence-electron chi connectivity index (χ1n) is 9.29. The molecule has 0 fully saturated rings. The number of aromatic nitrogens is 2. The Kier molecular flexibility index (Phi) is 5.56. The number of nitrogens with one attached hydrogen (secondary N) is 2. The van der Waals surface area contributed by atoms with Gasteiger partial charge in [-0.05, 0) is 48.9 Å². The van der Waals surface area contributed by atoms with Gasteiger partial charge in [-0.2, -0.15) is 0 Å². The summed E-state index contributed by atoms with van der Waals surface area (Å²) in [5, 5.41) is 5.99. The van der Waals surface area contributed by atoms with Gasteiger partial charge in [0.15, 0.2) is 5.13 Å². The second-order valence-corrected chi connectivity index (χ2v) is 9.36. The number of amides is 1. The van der Waals surface area contributed by atoms with Crippen LogP contribution in [-0.4, -0.2) is 23.9 Å². The second-order valence-electron chi connectivity index (χ2n) is 6.78. The van der Waals surface area contributed by atoms with Crippen molar-refractivity contribution in [3.05, 3.63) is 71.9 Å². The Balaban J connectivity index is 1.37. The summed E-state index contributed by atoms with van der Waals surface area (Å²) in [5.41, 5.74) is 2.85. The zero-order chi connectivity index (χ0) is 21.1. The lowest BCUT2D eigenvalue weighted by Crippen LogP contribution is -2.15. The van der Waals surface area contributed by atoms with Gasteiger partial charge in [0.2, 0.25) is 5.91 Å². The predicted molar refractivity (Wildman–Crippen MR) is 119 cm³/mol. The molecule has 4 aromatic rings. The Morgan fingerprint density at radius 2 is 1.93 bits per heavy atom. The van der Waals surface area contributed by atoms with Crippen LogP contribution in [0.2, 0.25) is 0 Å². The molecule has 30 heavy (non-hydrogen) atoms. The molecule has 0 aliphatic heterocycles. The van der Waals surface area contributed by atoms with E-state index in [9.17, 15) is 13.2 Å². The quantitative estimate of drug-likeness (QED) is 0.450. The Morgan fingerprint density at radius 1 is 1.13 bits per heavy atom. The average molecular weight is 441 g/mol. The first kappa shape index (κ1) is 20.1. The summed E-state index contributed by atoms with van der Waals surface area (Å²) in [6, 6.07) is 14.2. The van der Waals surface area contributed by atoms with Crippen molar-refractivity contribution in [1.82, 2.24) is 9.55 Å². The van der Waals surface area contributed by atoms with Gasteiger partial charge in [0.05, 0.1) is 4.90 Å². The molecule has 0 aliphatic carbocycles. The number of aryl methyl sites for hydroxylation is 2. The molecule has 0 spiro atoms. The van der Waals surface area contributed by atoms with Gasteiger partial charge in [-0.15, -0.1) is 11.3 Å². The number of fused-ring (bicyclic) bond motifs is 1. The molecule has 0 radical (unpaired) electrons. The van der Waals surface area contributed by atoms with E-state index in [-0.39, 0.29) is 10.8 Å². The molecule has 9 heteroatoms. The molecular weight excluding hydrogens is 420 g/mol. The van der Waals surface area contributed by atoms with Crippen molar-refractivity contribution in [3.8, 4) is 0 Å². The zero-order valence-corrected chi connectivity index (χ0v) is 17.8. The summed E-state index contributed by atoms with van der Waals surface area (Å²) >= 11 is 1.20. The Morgan fingerprint density at radius 3 is 2.67 bits per heavy atom. The van der Waals surface area contributed by atoms with Crippen molar-refractivity contribution >= 4 is 49.0 Å². The number of carbonyl (C=O) groups excluding carboxylic acids is 1. The summed E-state index contributed by atoms with van der Waals surface area (Å²) in [6.07, 6.45) is 3.82. The molecular formula is C21H20N4O3S2. The maximum absolute atomic E-state index is 12.4. The van der Waals surface area contributed by atoms with Crippen LogP contribution in [0.5, 0.6) is 0 Å². The van der Waals surface area contributed by atoms with Gasteiger partial charge in [-0.1, -0.05) is 12.1 Å². The van der Waals surface area contributed by atoms with E-state index in [0.717, 1.165) is 5.52 Å². The van der Waals surface area contributed by atoms with Gasteiger partial charge in [-0.25, -0.2) is 13.4 Å². The lowest BCUT2D eigenvalue weighted by atomic mass is 10.1. The molecule has 2 aromatic carbocycles. The molecule has 0 saturated heterocycles. The lowest BCUT2D eigenvalue weighted by Gasteiger charge is -2.09. The monoisotopic (exact) mass is 440 g/mol. The van der Waals surface area contributed by atoms with E-state index in [2.05, 4.69) is 38.6 Å². The van der Waals surface area contributed by atoms with E-state index < -0.39 is 10.0 Å². The van der Waals surface area contributed by atoms with E-state index in [4.69, 9.17) is 0 Å². The lowest BCUT2D eigenvalue weighted by molar-refractivity contribution is -0.116. The van der Waals surface area contributed by atoms with Crippen LogP contribution in [0.3, 0.4) is 0 Å². The smallest absolute Gasteiger partial charge is 0.263 e. The molecule has 2 N–H and O–H groups in total. The predicted octanol–water partition coefficient (Wildman–Crippen LogP) is 4.24. The second kappa shape index (κ2) is 8.29. The summed E-state index contributed by atoms with van der Waals surface area (Å²) in [4.78, 5) is 16.4. The third kappa shape index (κ3) is 4.37. The SMILES string of the molecule is Cc1cccc2c1ccn2CCC(=O)Nc1ccc(S(=O)(=O)Nc2nccs2)cc1. The number of anilines is 2. The highest BCUT2D eigenvalue weighted by molar-refractivity contribution is 7.93. The van der Waals surface area contributed by atoms with Gasteiger partial charge in [-0.3, -0.25) is 9.52 Å². The van der Waals surface area contributed by atoms with Crippen LogP contribution in [0, 0.1) is 6.92 Å². The van der Waals surface area contributed by atoms with E-state index in [1.54, 1.807) is 17.5 Å². The number of hydrogen-bond acceptors (Lipinski definition) is 5. The molecule has 0 aliphatic rings. The molecule has 7 nitrogen and oxygen atoms in total. The highest BCUT2D eigenvalue weighted by atomic mass is 32.2. The van der Waals surface area contributed by atoms with Gasteiger partial charge < -0.3 is 9.88 Å². The fourth-order valence-electron chi connectivity index (χ4n) is 3.18. The van der Waals surface area contributed by atoms with Crippen molar-refractivity contribution in [3.63, 3.8) is 0 Å². The number of rotatable bonds is 7. The van der Waals surface area contributed by atoms with Crippen LogP contribution in [0.1, 0.15) is 12.0 Å². The largest absolute Gasteiger partial charge is 0.347 e. The van der Waals surface area contributed by atoms with Gasteiger partial charge in [0.25, 0.3) is 10.0 Å². The number of thiazole rings is 1. The van der Waals surface area contributed by atoms with E-state index >= 15 is 0 Å². The third-order valence-electron chi connectivity index (χ3n) is 4.71. The van der Waals surface area contributed by atoms with Gasteiger partial charge in [0.1, 0.15) is 0 Å². The molecule has 0 saturated carbocycles. The van der Waals surface area contributed by atoms with Crippen molar-refractivity contribution < 1.29 is 13.2 Å². The van der Waals surface area contributed by atoms with Gasteiger partial charge >= 0.3 is 0 Å². The van der Waals surface area contributed by atoms with Crippen molar-refractivity contribution in [1.29, 1.82) is 0 Å². The normalized spacial score (nSPS) is 11.5.